The van der Waals surface area contributed by atoms with Crippen molar-refractivity contribution in [2.24, 2.45) is 0 Å². The van der Waals surface area contributed by atoms with Gasteiger partial charge < -0.3 is 10.6 Å². The van der Waals surface area contributed by atoms with Crippen LogP contribution in [0.15, 0.2) is 24.5 Å². The first-order valence-corrected chi connectivity index (χ1v) is 6.65. The van der Waals surface area contributed by atoms with Crippen molar-refractivity contribution in [1.29, 1.82) is 0 Å². The highest BCUT2D eigenvalue weighted by Crippen LogP contribution is 2.15. The molecule has 0 saturated carbocycles. The van der Waals surface area contributed by atoms with Gasteiger partial charge in [0.15, 0.2) is 0 Å². The first kappa shape index (κ1) is 12.5. The SMILES string of the molecule is CC(CC1CCCN1)N[C@H](C)c1ccncc1. The lowest BCUT2D eigenvalue weighted by atomic mass is 10.0. The van der Waals surface area contributed by atoms with Gasteiger partial charge in [-0.2, -0.15) is 0 Å². The molecule has 2 rings (SSSR count). The van der Waals surface area contributed by atoms with Crippen molar-refractivity contribution in [2.75, 3.05) is 6.54 Å². The number of rotatable bonds is 5. The van der Waals surface area contributed by atoms with Gasteiger partial charge in [0.05, 0.1) is 0 Å². The minimum Gasteiger partial charge on any atom is -0.314 e. The van der Waals surface area contributed by atoms with Gasteiger partial charge in [-0.05, 0) is 57.4 Å². The quantitative estimate of drug-likeness (QED) is 0.819. The molecule has 17 heavy (non-hydrogen) atoms. The lowest BCUT2D eigenvalue weighted by Crippen LogP contribution is -2.35. The number of pyridine rings is 1. The summed E-state index contributed by atoms with van der Waals surface area (Å²) in [6, 6.07) is 5.82. The molecule has 3 nitrogen and oxygen atoms in total. The Morgan fingerprint density at radius 2 is 2.18 bits per heavy atom. The maximum absolute atomic E-state index is 4.05. The maximum atomic E-state index is 4.05. The summed E-state index contributed by atoms with van der Waals surface area (Å²) in [7, 11) is 0. The predicted molar refractivity (Wildman–Crippen MR) is 70.9 cm³/mol. The average Bonchev–Trinajstić information content (AvgIpc) is 2.82. The summed E-state index contributed by atoms with van der Waals surface area (Å²) in [5.41, 5.74) is 1.31. The molecule has 1 aliphatic heterocycles. The largest absolute Gasteiger partial charge is 0.314 e. The van der Waals surface area contributed by atoms with Crippen molar-refractivity contribution in [2.45, 2.75) is 51.2 Å². The Labute approximate surface area is 104 Å². The summed E-state index contributed by atoms with van der Waals surface area (Å²) in [6.45, 7) is 5.68. The molecule has 0 spiro atoms. The summed E-state index contributed by atoms with van der Waals surface area (Å²) in [4.78, 5) is 4.05. The van der Waals surface area contributed by atoms with Crippen LogP contribution in [0.3, 0.4) is 0 Å². The Balaban J connectivity index is 1.79. The van der Waals surface area contributed by atoms with E-state index in [2.05, 4.69) is 41.6 Å². The molecule has 94 valence electrons. The lowest BCUT2D eigenvalue weighted by molar-refractivity contribution is 0.407. The standard InChI is InChI=1S/C14H23N3/c1-11(10-14-4-3-7-16-14)17-12(2)13-5-8-15-9-6-13/h5-6,8-9,11-12,14,16-17H,3-4,7,10H2,1-2H3/t11?,12-,14?/m1/s1. The van der Waals surface area contributed by atoms with Crippen LogP contribution < -0.4 is 10.6 Å². The third kappa shape index (κ3) is 3.79. The van der Waals surface area contributed by atoms with Gasteiger partial charge in [0.25, 0.3) is 0 Å². The van der Waals surface area contributed by atoms with Crippen LogP contribution in [-0.2, 0) is 0 Å². The van der Waals surface area contributed by atoms with Crippen molar-refractivity contribution in [3.05, 3.63) is 30.1 Å². The smallest absolute Gasteiger partial charge is 0.0295 e. The van der Waals surface area contributed by atoms with E-state index < -0.39 is 0 Å². The monoisotopic (exact) mass is 233 g/mol. The van der Waals surface area contributed by atoms with Gasteiger partial charge >= 0.3 is 0 Å². The predicted octanol–water partition coefficient (Wildman–Crippen LogP) is 2.26. The van der Waals surface area contributed by atoms with E-state index in [1.165, 1.54) is 31.4 Å². The molecule has 0 aliphatic carbocycles. The molecule has 0 aromatic carbocycles. The third-order valence-corrected chi connectivity index (χ3v) is 3.54. The molecular formula is C14H23N3. The van der Waals surface area contributed by atoms with Gasteiger partial charge in [0.1, 0.15) is 0 Å². The van der Waals surface area contributed by atoms with E-state index >= 15 is 0 Å². The molecule has 0 radical (unpaired) electrons. The van der Waals surface area contributed by atoms with Crippen molar-refractivity contribution in [3.63, 3.8) is 0 Å². The van der Waals surface area contributed by atoms with Gasteiger partial charge in [0, 0.05) is 30.5 Å². The van der Waals surface area contributed by atoms with Crippen LogP contribution in [0.1, 0.15) is 44.7 Å². The summed E-state index contributed by atoms with van der Waals surface area (Å²) in [6.07, 6.45) is 7.59. The van der Waals surface area contributed by atoms with Crippen LogP contribution in [-0.4, -0.2) is 23.6 Å². The summed E-state index contributed by atoms with van der Waals surface area (Å²) in [5.74, 6) is 0. The molecule has 2 unspecified atom stereocenters. The Kier molecular flexibility index (Phi) is 4.51. The van der Waals surface area contributed by atoms with Crippen LogP contribution in [0.5, 0.6) is 0 Å². The van der Waals surface area contributed by atoms with Crippen LogP contribution in [0.2, 0.25) is 0 Å². The molecule has 0 bridgehead atoms. The van der Waals surface area contributed by atoms with E-state index in [9.17, 15) is 0 Å². The molecule has 1 aromatic heterocycles. The van der Waals surface area contributed by atoms with Gasteiger partial charge in [0.2, 0.25) is 0 Å². The number of aromatic nitrogens is 1. The fourth-order valence-electron chi connectivity index (χ4n) is 2.63. The van der Waals surface area contributed by atoms with Crippen LogP contribution in [0.4, 0.5) is 0 Å². The molecule has 1 saturated heterocycles. The molecule has 3 atom stereocenters. The molecular weight excluding hydrogens is 210 g/mol. The Hall–Kier alpha value is -0.930. The molecule has 2 N–H and O–H groups in total. The lowest BCUT2D eigenvalue weighted by Gasteiger charge is -2.23. The number of hydrogen-bond acceptors (Lipinski definition) is 3. The second-order valence-corrected chi connectivity index (χ2v) is 5.10. The first-order valence-electron chi connectivity index (χ1n) is 6.65. The van der Waals surface area contributed by atoms with Crippen molar-refractivity contribution >= 4 is 0 Å². The zero-order valence-electron chi connectivity index (χ0n) is 10.8. The molecule has 2 heterocycles. The zero-order valence-corrected chi connectivity index (χ0v) is 10.8. The van der Waals surface area contributed by atoms with E-state index in [-0.39, 0.29) is 0 Å². The van der Waals surface area contributed by atoms with Crippen LogP contribution >= 0.6 is 0 Å². The minimum absolute atomic E-state index is 0.398. The summed E-state index contributed by atoms with van der Waals surface area (Å²) < 4.78 is 0. The first-order chi connectivity index (χ1) is 8.25. The highest BCUT2D eigenvalue weighted by Gasteiger charge is 2.18. The van der Waals surface area contributed by atoms with E-state index in [4.69, 9.17) is 0 Å². The topological polar surface area (TPSA) is 37.0 Å². The highest BCUT2D eigenvalue weighted by molar-refractivity contribution is 5.14. The van der Waals surface area contributed by atoms with E-state index in [0.29, 0.717) is 18.1 Å². The molecule has 1 aliphatic rings. The zero-order chi connectivity index (χ0) is 12.1. The van der Waals surface area contributed by atoms with Gasteiger partial charge in [-0.25, -0.2) is 0 Å². The highest BCUT2D eigenvalue weighted by atomic mass is 15.0. The van der Waals surface area contributed by atoms with E-state index in [1.54, 1.807) is 0 Å². The van der Waals surface area contributed by atoms with E-state index in [0.717, 1.165) is 0 Å². The maximum Gasteiger partial charge on any atom is 0.0295 e. The molecule has 3 heteroatoms. The fourth-order valence-corrected chi connectivity index (χ4v) is 2.63. The second-order valence-electron chi connectivity index (χ2n) is 5.10. The van der Waals surface area contributed by atoms with Crippen LogP contribution in [0, 0.1) is 0 Å². The van der Waals surface area contributed by atoms with Gasteiger partial charge in [-0.3, -0.25) is 4.98 Å². The average molecular weight is 233 g/mol. The number of nitrogens with one attached hydrogen (secondary N) is 2. The Morgan fingerprint density at radius 3 is 2.82 bits per heavy atom. The van der Waals surface area contributed by atoms with Gasteiger partial charge in [-0.1, -0.05) is 0 Å². The van der Waals surface area contributed by atoms with Gasteiger partial charge in [-0.15, -0.1) is 0 Å². The normalized spacial score (nSPS) is 23.5. The molecule has 1 aromatic rings. The van der Waals surface area contributed by atoms with Crippen molar-refractivity contribution in [3.8, 4) is 0 Å². The molecule has 0 amide bonds. The summed E-state index contributed by atoms with van der Waals surface area (Å²) in [5, 5.41) is 7.21. The minimum atomic E-state index is 0.398. The van der Waals surface area contributed by atoms with Crippen molar-refractivity contribution in [1.82, 2.24) is 15.6 Å². The van der Waals surface area contributed by atoms with E-state index in [1.807, 2.05) is 12.4 Å². The van der Waals surface area contributed by atoms with Crippen LogP contribution in [0.25, 0.3) is 0 Å². The summed E-state index contributed by atoms with van der Waals surface area (Å²) >= 11 is 0. The Bertz CT molecular complexity index is 319. The fraction of sp³-hybridized carbons (Fsp3) is 0.643. The number of hydrogen-bond donors (Lipinski definition) is 2. The Morgan fingerprint density at radius 1 is 1.41 bits per heavy atom. The molecule has 1 fully saturated rings. The number of nitrogens with zero attached hydrogens (tertiary/aromatic N) is 1. The third-order valence-electron chi connectivity index (χ3n) is 3.54. The van der Waals surface area contributed by atoms with Crippen molar-refractivity contribution < 1.29 is 0 Å². The second kappa shape index (κ2) is 6.12.